The van der Waals surface area contributed by atoms with Crippen LogP contribution in [0, 0.1) is 17.8 Å². The van der Waals surface area contributed by atoms with Crippen LogP contribution in [-0.4, -0.2) is 18.5 Å². The molecule has 2 saturated carbocycles. The summed E-state index contributed by atoms with van der Waals surface area (Å²) in [6, 6.07) is 0. The van der Waals surface area contributed by atoms with E-state index in [0.717, 1.165) is 5.92 Å². The van der Waals surface area contributed by atoms with Crippen LogP contribution in [0.1, 0.15) is 19.3 Å². The first kappa shape index (κ1) is 6.18. The van der Waals surface area contributed by atoms with Gasteiger partial charge in [-0.25, -0.2) is 0 Å². The molecule has 0 radical (unpaired) electrons. The smallest absolute Gasteiger partial charge is 0.164 e. The second-order valence-corrected chi connectivity index (χ2v) is 4.10. The maximum absolute atomic E-state index is 11.3. The molecule has 0 aromatic rings. The third-order valence-corrected chi connectivity index (χ3v) is 3.63. The molecular formula is C9H12O2. The molecule has 1 aliphatic heterocycles. The van der Waals surface area contributed by atoms with Gasteiger partial charge in [-0.2, -0.15) is 0 Å². The molecule has 1 heterocycles. The Morgan fingerprint density at radius 3 is 2.91 bits per heavy atom. The molecule has 3 rings (SSSR count). The molecule has 0 aromatic heterocycles. The Labute approximate surface area is 65.9 Å². The van der Waals surface area contributed by atoms with Crippen molar-refractivity contribution >= 4 is 5.78 Å². The highest BCUT2D eigenvalue weighted by Gasteiger charge is 2.54. The summed E-state index contributed by atoms with van der Waals surface area (Å²) in [4.78, 5) is 11.3. The summed E-state index contributed by atoms with van der Waals surface area (Å²) in [6.07, 6.45) is 4.18. The Morgan fingerprint density at radius 2 is 2.09 bits per heavy atom. The minimum atomic E-state index is 0.314. The third kappa shape index (κ3) is 0.639. The van der Waals surface area contributed by atoms with Crippen molar-refractivity contribution in [3.05, 3.63) is 0 Å². The Balaban J connectivity index is 1.97. The Kier molecular flexibility index (Phi) is 1.05. The maximum Gasteiger partial charge on any atom is 0.164 e. The zero-order valence-corrected chi connectivity index (χ0v) is 6.45. The fourth-order valence-corrected chi connectivity index (χ4v) is 3.20. The number of hydrogen-bond acceptors (Lipinski definition) is 2. The van der Waals surface area contributed by atoms with E-state index in [2.05, 4.69) is 0 Å². The number of rotatable bonds is 0. The summed E-state index contributed by atoms with van der Waals surface area (Å²) in [6.45, 7) is 0.405. The maximum atomic E-state index is 11.3. The Bertz CT molecular complexity index is 212. The van der Waals surface area contributed by atoms with Crippen LogP contribution in [0.3, 0.4) is 0 Å². The summed E-state index contributed by atoms with van der Waals surface area (Å²) in [7, 11) is 0. The van der Waals surface area contributed by atoms with E-state index in [4.69, 9.17) is 4.74 Å². The second kappa shape index (κ2) is 1.86. The van der Waals surface area contributed by atoms with Crippen molar-refractivity contribution in [2.75, 3.05) is 6.61 Å². The molecule has 2 bridgehead atoms. The summed E-state index contributed by atoms with van der Waals surface area (Å²) in [5, 5.41) is 0. The van der Waals surface area contributed by atoms with Crippen molar-refractivity contribution in [1.82, 2.24) is 0 Å². The van der Waals surface area contributed by atoms with E-state index in [-0.39, 0.29) is 0 Å². The predicted molar refractivity (Wildman–Crippen MR) is 39.1 cm³/mol. The lowest BCUT2D eigenvalue weighted by Gasteiger charge is -2.21. The molecule has 3 aliphatic rings. The van der Waals surface area contributed by atoms with Gasteiger partial charge in [-0.15, -0.1) is 0 Å². The van der Waals surface area contributed by atoms with Crippen LogP contribution >= 0.6 is 0 Å². The lowest BCUT2D eigenvalue weighted by molar-refractivity contribution is -0.121. The van der Waals surface area contributed by atoms with Crippen molar-refractivity contribution in [2.45, 2.75) is 25.4 Å². The highest BCUT2D eigenvalue weighted by Crippen LogP contribution is 2.52. The van der Waals surface area contributed by atoms with E-state index < -0.39 is 0 Å². The first-order valence-electron chi connectivity index (χ1n) is 4.50. The number of hydrogen-bond donors (Lipinski definition) is 0. The van der Waals surface area contributed by atoms with Gasteiger partial charge in [0, 0.05) is 5.92 Å². The molecule has 2 heteroatoms. The molecule has 3 fully saturated rings. The first-order chi connectivity index (χ1) is 5.36. The Hall–Kier alpha value is -0.370. The quantitative estimate of drug-likeness (QED) is 0.517. The zero-order chi connectivity index (χ0) is 7.42. The lowest BCUT2D eigenvalue weighted by Crippen LogP contribution is -2.26. The van der Waals surface area contributed by atoms with Crippen LogP contribution in [0.4, 0.5) is 0 Å². The Morgan fingerprint density at radius 1 is 1.27 bits per heavy atom. The molecule has 4 atom stereocenters. The van der Waals surface area contributed by atoms with E-state index in [1.807, 2.05) is 0 Å². The minimum absolute atomic E-state index is 0.314. The van der Waals surface area contributed by atoms with Gasteiger partial charge in [0.15, 0.2) is 5.78 Å². The molecule has 2 aliphatic carbocycles. The zero-order valence-electron chi connectivity index (χ0n) is 6.45. The monoisotopic (exact) mass is 152 g/mol. The van der Waals surface area contributed by atoms with Gasteiger partial charge < -0.3 is 4.74 Å². The molecule has 0 amide bonds. The minimum Gasteiger partial charge on any atom is -0.369 e. The highest BCUT2D eigenvalue weighted by atomic mass is 16.5. The molecule has 0 N–H and O–H groups in total. The van der Waals surface area contributed by atoms with Crippen molar-refractivity contribution in [2.24, 2.45) is 17.8 Å². The fraction of sp³-hybridized carbons (Fsp3) is 0.889. The van der Waals surface area contributed by atoms with Crippen LogP contribution < -0.4 is 0 Å². The van der Waals surface area contributed by atoms with Gasteiger partial charge in [-0.3, -0.25) is 4.79 Å². The summed E-state index contributed by atoms with van der Waals surface area (Å²) in [5.41, 5.74) is 0. The standard InChI is InChI=1S/C9H12O2/c10-7-4-11-9-6-2-1-5(3-6)8(7)9/h5-6,8-9H,1-4H2. The topological polar surface area (TPSA) is 26.3 Å². The van der Waals surface area contributed by atoms with Gasteiger partial charge in [-0.1, -0.05) is 0 Å². The molecule has 2 nitrogen and oxygen atoms in total. The van der Waals surface area contributed by atoms with Crippen molar-refractivity contribution in [1.29, 1.82) is 0 Å². The number of fused-ring (bicyclic) bond motifs is 5. The average molecular weight is 152 g/mol. The number of ketones is 1. The number of carbonyl (C=O) groups is 1. The van der Waals surface area contributed by atoms with E-state index in [1.54, 1.807) is 0 Å². The van der Waals surface area contributed by atoms with Crippen LogP contribution in [0.15, 0.2) is 0 Å². The summed E-state index contributed by atoms with van der Waals surface area (Å²) in [5.74, 6) is 2.12. The van der Waals surface area contributed by atoms with Gasteiger partial charge in [0.25, 0.3) is 0 Å². The number of Topliss-reactive ketones (excluding diaryl/α,β-unsaturated/α-hetero) is 1. The van der Waals surface area contributed by atoms with Crippen LogP contribution in [0.25, 0.3) is 0 Å². The molecule has 0 spiro atoms. The van der Waals surface area contributed by atoms with Crippen molar-refractivity contribution in [3.63, 3.8) is 0 Å². The normalized spacial score (nSPS) is 53.6. The molecular weight excluding hydrogens is 140 g/mol. The van der Waals surface area contributed by atoms with Crippen LogP contribution in [-0.2, 0) is 9.53 Å². The van der Waals surface area contributed by atoms with Crippen LogP contribution in [0.5, 0.6) is 0 Å². The molecule has 11 heavy (non-hydrogen) atoms. The molecule has 4 unspecified atom stereocenters. The average Bonchev–Trinajstić information content (AvgIpc) is 2.60. The summed E-state index contributed by atoms with van der Waals surface area (Å²) >= 11 is 0. The predicted octanol–water partition coefficient (Wildman–Crippen LogP) is 1.00. The van der Waals surface area contributed by atoms with E-state index in [9.17, 15) is 4.79 Å². The third-order valence-electron chi connectivity index (χ3n) is 3.63. The second-order valence-electron chi connectivity index (χ2n) is 4.10. The van der Waals surface area contributed by atoms with Gasteiger partial charge in [0.1, 0.15) is 6.61 Å². The largest absolute Gasteiger partial charge is 0.369 e. The van der Waals surface area contributed by atoms with Gasteiger partial charge in [-0.05, 0) is 31.1 Å². The molecule has 1 saturated heterocycles. The fourth-order valence-electron chi connectivity index (χ4n) is 3.20. The van der Waals surface area contributed by atoms with Crippen molar-refractivity contribution in [3.8, 4) is 0 Å². The van der Waals surface area contributed by atoms with Crippen molar-refractivity contribution < 1.29 is 9.53 Å². The van der Waals surface area contributed by atoms with Crippen LogP contribution in [0.2, 0.25) is 0 Å². The van der Waals surface area contributed by atoms with E-state index in [1.165, 1.54) is 19.3 Å². The lowest BCUT2D eigenvalue weighted by atomic mass is 9.85. The first-order valence-corrected chi connectivity index (χ1v) is 4.50. The number of carbonyl (C=O) groups excluding carboxylic acids is 1. The molecule has 60 valence electrons. The van der Waals surface area contributed by atoms with E-state index in [0.29, 0.717) is 30.3 Å². The van der Waals surface area contributed by atoms with Gasteiger partial charge >= 0.3 is 0 Å². The molecule has 0 aromatic carbocycles. The SMILES string of the molecule is O=C1COC2C3CCC(C3)C12. The number of ether oxygens (including phenoxy) is 1. The highest BCUT2D eigenvalue weighted by molar-refractivity contribution is 5.85. The van der Waals surface area contributed by atoms with E-state index >= 15 is 0 Å². The summed E-state index contributed by atoms with van der Waals surface area (Å²) < 4.78 is 5.47. The van der Waals surface area contributed by atoms with Gasteiger partial charge in [0.05, 0.1) is 6.10 Å². The van der Waals surface area contributed by atoms with Gasteiger partial charge in [0.2, 0.25) is 0 Å².